The predicted octanol–water partition coefficient (Wildman–Crippen LogP) is 4.75. The molecule has 0 atom stereocenters. The van der Waals surface area contributed by atoms with Gasteiger partial charge in [-0.15, -0.1) is 11.3 Å². The van der Waals surface area contributed by atoms with Gasteiger partial charge in [-0.05, 0) is 43.2 Å². The van der Waals surface area contributed by atoms with Crippen LogP contribution in [0, 0.1) is 0 Å². The molecule has 0 saturated heterocycles. The van der Waals surface area contributed by atoms with Crippen LogP contribution in [-0.2, 0) is 0 Å². The molecule has 1 fully saturated rings. The lowest BCUT2D eigenvalue weighted by Crippen LogP contribution is -2.22. The van der Waals surface area contributed by atoms with E-state index < -0.39 is 0 Å². The molecule has 6 nitrogen and oxygen atoms in total. The van der Waals surface area contributed by atoms with Crippen molar-refractivity contribution >= 4 is 37.5 Å². The van der Waals surface area contributed by atoms with E-state index in [1.54, 1.807) is 18.0 Å². The van der Waals surface area contributed by atoms with Crippen LogP contribution in [0.4, 0.5) is 5.69 Å². The summed E-state index contributed by atoms with van der Waals surface area (Å²) in [5, 5.41) is 4.64. The maximum atomic E-state index is 13.2. The fourth-order valence-electron chi connectivity index (χ4n) is 4.07. The number of fused-ring (bicyclic) bond motifs is 3. The van der Waals surface area contributed by atoms with Crippen LogP contribution >= 0.6 is 11.3 Å². The minimum absolute atomic E-state index is 0.0771. The van der Waals surface area contributed by atoms with E-state index in [9.17, 15) is 4.79 Å². The van der Waals surface area contributed by atoms with Gasteiger partial charge in [0.2, 0.25) is 0 Å². The van der Waals surface area contributed by atoms with Gasteiger partial charge >= 0.3 is 0 Å². The average Bonchev–Trinajstić information content (AvgIpc) is 3.16. The van der Waals surface area contributed by atoms with Gasteiger partial charge in [-0.25, -0.2) is 9.97 Å². The second-order valence-corrected chi connectivity index (χ2v) is 8.41. The van der Waals surface area contributed by atoms with Gasteiger partial charge in [-0.1, -0.05) is 19.3 Å². The molecule has 0 aliphatic heterocycles. The second-order valence-electron chi connectivity index (χ2n) is 7.42. The predicted molar refractivity (Wildman–Crippen MR) is 118 cm³/mol. The lowest BCUT2D eigenvalue weighted by Gasteiger charge is -2.24. The van der Waals surface area contributed by atoms with E-state index in [-0.39, 0.29) is 5.56 Å². The number of pyridine rings is 1. The van der Waals surface area contributed by atoms with Crippen molar-refractivity contribution in [2.75, 3.05) is 12.4 Å². The number of rotatable bonds is 4. The van der Waals surface area contributed by atoms with E-state index in [4.69, 9.17) is 4.74 Å². The highest BCUT2D eigenvalue weighted by molar-refractivity contribution is 7.25. The fraction of sp³-hybridized carbons (Fsp3) is 0.318. The number of thiophene rings is 1. The van der Waals surface area contributed by atoms with Gasteiger partial charge in [0.05, 0.1) is 23.7 Å². The highest BCUT2D eigenvalue weighted by Gasteiger charge is 2.19. The Morgan fingerprint density at radius 1 is 1.10 bits per heavy atom. The molecular weight excluding hydrogens is 384 g/mol. The average molecular weight is 407 g/mol. The lowest BCUT2D eigenvalue weighted by molar-refractivity contribution is 0.414. The zero-order chi connectivity index (χ0) is 19.8. The first-order valence-electron chi connectivity index (χ1n) is 9.94. The minimum atomic E-state index is -0.0771. The van der Waals surface area contributed by atoms with Gasteiger partial charge in [0.1, 0.15) is 21.6 Å². The first-order valence-corrected chi connectivity index (χ1v) is 10.8. The minimum Gasteiger partial charge on any atom is -0.497 e. The van der Waals surface area contributed by atoms with Crippen molar-refractivity contribution < 1.29 is 4.74 Å². The van der Waals surface area contributed by atoms with Gasteiger partial charge in [0.25, 0.3) is 5.56 Å². The molecule has 29 heavy (non-hydrogen) atoms. The summed E-state index contributed by atoms with van der Waals surface area (Å²) in [6.07, 6.45) is 9.63. The Labute approximate surface area is 172 Å². The van der Waals surface area contributed by atoms with Gasteiger partial charge in [0.15, 0.2) is 0 Å². The number of ether oxygens (including phenoxy) is 1. The number of anilines is 1. The molecule has 1 aromatic carbocycles. The van der Waals surface area contributed by atoms with Gasteiger partial charge in [-0.3, -0.25) is 9.36 Å². The quantitative estimate of drug-likeness (QED) is 0.530. The van der Waals surface area contributed by atoms with E-state index in [0.717, 1.165) is 32.9 Å². The highest BCUT2D eigenvalue weighted by atomic mass is 32.1. The lowest BCUT2D eigenvalue weighted by atomic mass is 9.95. The first kappa shape index (κ1) is 18.1. The number of aromatic nitrogens is 3. The maximum Gasteiger partial charge on any atom is 0.275 e. The van der Waals surface area contributed by atoms with Crippen molar-refractivity contribution in [3.05, 3.63) is 53.2 Å². The SMILES string of the molecule is COc1ccc(-n2cnc3c(sc4nccc(NC5CCCCC5)c43)c2=O)cc1. The summed E-state index contributed by atoms with van der Waals surface area (Å²) in [6.45, 7) is 0. The van der Waals surface area contributed by atoms with Crippen LogP contribution < -0.4 is 15.6 Å². The Hall–Kier alpha value is -2.93. The number of nitrogens with one attached hydrogen (secondary N) is 1. The molecule has 0 spiro atoms. The summed E-state index contributed by atoms with van der Waals surface area (Å²) in [5.74, 6) is 0.750. The summed E-state index contributed by atoms with van der Waals surface area (Å²) in [4.78, 5) is 23.2. The summed E-state index contributed by atoms with van der Waals surface area (Å²) in [7, 11) is 1.62. The van der Waals surface area contributed by atoms with E-state index in [1.807, 2.05) is 36.5 Å². The second kappa shape index (κ2) is 7.48. The van der Waals surface area contributed by atoms with Crippen LogP contribution in [0.1, 0.15) is 32.1 Å². The van der Waals surface area contributed by atoms with Crippen molar-refractivity contribution in [2.45, 2.75) is 38.1 Å². The Morgan fingerprint density at radius 3 is 2.66 bits per heavy atom. The van der Waals surface area contributed by atoms with Crippen molar-refractivity contribution in [1.82, 2.24) is 14.5 Å². The molecule has 1 saturated carbocycles. The van der Waals surface area contributed by atoms with Gasteiger partial charge in [0, 0.05) is 17.9 Å². The molecule has 1 N–H and O–H groups in total. The van der Waals surface area contributed by atoms with Crippen LogP contribution in [0.3, 0.4) is 0 Å². The number of methoxy groups -OCH3 is 1. The van der Waals surface area contributed by atoms with Crippen molar-refractivity contribution in [3.8, 4) is 11.4 Å². The van der Waals surface area contributed by atoms with Crippen molar-refractivity contribution in [1.29, 1.82) is 0 Å². The molecule has 0 amide bonds. The van der Waals surface area contributed by atoms with E-state index in [2.05, 4.69) is 15.3 Å². The van der Waals surface area contributed by atoms with Crippen LogP contribution in [0.5, 0.6) is 5.75 Å². The van der Waals surface area contributed by atoms with Crippen LogP contribution in [0.15, 0.2) is 47.7 Å². The highest BCUT2D eigenvalue weighted by Crippen LogP contribution is 2.35. The zero-order valence-electron chi connectivity index (χ0n) is 16.2. The molecule has 0 bridgehead atoms. The van der Waals surface area contributed by atoms with Crippen LogP contribution in [-0.4, -0.2) is 27.7 Å². The topological polar surface area (TPSA) is 69.0 Å². The Morgan fingerprint density at radius 2 is 1.90 bits per heavy atom. The normalized spacial score (nSPS) is 15.1. The van der Waals surface area contributed by atoms with Crippen molar-refractivity contribution in [2.24, 2.45) is 0 Å². The number of nitrogens with zero attached hydrogens (tertiary/aromatic N) is 3. The Bertz CT molecular complexity index is 1220. The fourth-order valence-corrected chi connectivity index (χ4v) is 5.12. The van der Waals surface area contributed by atoms with Gasteiger partial charge in [-0.2, -0.15) is 0 Å². The molecule has 0 radical (unpaired) electrons. The maximum absolute atomic E-state index is 13.2. The molecular formula is C22H22N4O2S. The molecule has 0 unspecified atom stereocenters. The molecule has 5 rings (SSSR count). The third-order valence-corrected chi connectivity index (χ3v) is 6.67. The molecule has 3 heterocycles. The molecule has 1 aliphatic rings. The molecule has 4 aromatic rings. The number of hydrogen-bond donors (Lipinski definition) is 1. The third-order valence-electron chi connectivity index (χ3n) is 5.60. The zero-order valence-corrected chi connectivity index (χ0v) is 17.0. The van der Waals surface area contributed by atoms with E-state index >= 15 is 0 Å². The van der Waals surface area contributed by atoms with Gasteiger partial charge < -0.3 is 10.1 Å². The Kier molecular flexibility index (Phi) is 4.67. The van der Waals surface area contributed by atoms with E-state index in [1.165, 1.54) is 43.4 Å². The van der Waals surface area contributed by atoms with Crippen LogP contribution in [0.2, 0.25) is 0 Å². The monoisotopic (exact) mass is 406 g/mol. The smallest absolute Gasteiger partial charge is 0.275 e. The van der Waals surface area contributed by atoms with Crippen LogP contribution in [0.25, 0.3) is 26.1 Å². The van der Waals surface area contributed by atoms with E-state index in [0.29, 0.717) is 10.7 Å². The number of hydrogen-bond acceptors (Lipinski definition) is 6. The standard InChI is InChI=1S/C22H22N4O2S/c1-28-16-9-7-15(8-10-16)26-13-24-19-18-17(25-14-5-3-2-4-6-14)11-12-23-21(18)29-20(19)22(26)27/h7-14H,2-6H2,1H3,(H,23,25). The summed E-state index contributed by atoms with van der Waals surface area (Å²) >= 11 is 1.41. The largest absolute Gasteiger partial charge is 0.497 e. The molecule has 148 valence electrons. The Balaban J connectivity index is 1.61. The summed E-state index contributed by atoms with van der Waals surface area (Å²) in [6, 6.07) is 9.86. The summed E-state index contributed by atoms with van der Waals surface area (Å²) in [5.41, 5.74) is 2.44. The number of benzene rings is 1. The first-order chi connectivity index (χ1) is 14.2. The molecule has 1 aliphatic carbocycles. The summed E-state index contributed by atoms with van der Waals surface area (Å²) < 4.78 is 7.41. The molecule has 7 heteroatoms. The molecule has 3 aromatic heterocycles. The van der Waals surface area contributed by atoms with Crippen molar-refractivity contribution in [3.63, 3.8) is 0 Å². The third kappa shape index (κ3) is 3.25.